The van der Waals surface area contributed by atoms with Crippen LogP contribution in [0.4, 0.5) is 18.9 Å². The number of nitrogens with zero attached hydrogens (tertiary/aromatic N) is 2. The Bertz CT molecular complexity index is 1240. The topological polar surface area (TPSA) is 93.1 Å². The lowest BCUT2D eigenvalue weighted by molar-refractivity contribution is -0.121. The number of amides is 1. The number of hydrogen-bond acceptors (Lipinski definition) is 4. The number of aromatic nitrogens is 2. The molecular weight excluding hydrogens is 445 g/mol. The molecule has 7 nitrogen and oxygen atoms in total. The molecule has 0 radical (unpaired) electrons. The molecule has 1 aliphatic carbocycles. The Balaban J connectivity index is 1.52. The van der Waals surface area contributed by atoms with Crippen LogP contribution < -0.4 is 10.0 Å². The first-order valence-corrected chi connectivity index (χ1v) is 11.3. The summed E-state index contributed by atoms with van der Waals surface area (Å²) in [6, 6.07) is 14.3. The molecule has 1 aromatic heterocycles. The number of anilines is 1. The van der Waals surface area contributed by atoms with E-state index in [2.05, 4.69) is 10.4 Å². The van der Waals surface area contributed by atoms with Crippen LogP contribution in [0.1, 0.15) is 28.2 Å². The highest BCUT2D eigenvalue weighted by Crippen LogP contribution is 2.28. The standard InChI is InChI=1S/C21H19F3N4O3S/c22-21(23,24)13-25-32(30,31)16-11-9-14(10-12-16)26-20(29)19-17-7-4-8-18(17)28(27-19)15-5-2-1-3-6-15/h1-3,5-6,9-12,25H,4,7-8,13H2,(H,26,29). The summed E-state index contributed by atoms with van der Waals surface area (Å²) in [6.45, 7) is -1.66. The van der Waals surface area contributed by atoms with Gasteiger partial charge in [0, 0.05) is 16.9 Å². The normalized spacial score (nSPS) is 13.7. The quantitative estimate of drug-likeness (QED) is 0.585. The van der Waals surface area contributed by atoms with E-state index in [0.29, 0.717) is 11.4 Å². The van der Waals surface area contributed by atoms with Crippen molar-refractivity contribution < 1.29 is 26.4 Å². The van der Waals surface area contributed by atoms with Gasteiger partial charge >= 0.3 is 6.18 Å². The Hall–Kier alpha value is -3.18. The summed E-state index contributed by atoms with van der Waals surface area (Å²) in [5.74, 6) is -0.441. The third kappa shape index (κ3) is 4.68. The second kappa shape index (κ2) is 8.40. The third-order valence-corrected chi connectivity index (χ3v) is 6.45. The fourth-order valence-electron chi connectivity index (χ4n) is 3.57. The number of para-hydroxylation sites is 1. The zero-order valence-electron chi connectivity index (χ0n) is 16.7. The van der Waals surface area contributed by atoms with Crippen LogP contribution in [0, 0.1) is 0 Å². The summed E-state index contributed by atoms with van der Waals surface area (Å²) in [4.78, 5) is 12.5. The minimum atomic E-state index is -4.66. The smallest absolute Gasteiger partial charge is 0.321 e. The van der Waals surface area contributed by atoms with Gasteiger partial charge in [0.25, 0.3) is 5.91 Å². The zero-order chi connectivity index (χ0) is 22.9. The summed E-state index contributed by atoms with van der Waals surface area (Å²) in [7, 11) is -4.32. The maximum atomic E-state index is 12.9. The van der Waals surface area contributed by atoms with E-state index in [1.807, 2.05) is 30.3 Å². The Morgan fingerprint density at radius 1 is 1.03 bits per heavy atom. The van der Waals surface area contributed by atoms with Crippen LogP contribution in [0.25, 0.3) is 5.69 Å². The molecule has 3 aromatic rings. The van der Waals surface area contributed by atoms with E-state index in [-0.39, 0.29) is 4.90 Å². The van der Waals surface area contributed by atoms with Crippen molar-refractivity contribution in [3.8, 4) is 5.69 Å². The van der Waals surface area contributed by atoms with Crippen molar-refractivity contribution >= 4 is 21.6 Å². The maximum absolute atomic E-state index is 12.9. The van der Waals surface area contributed by atoms with Crippen LogP contribution in [-0.2, 0) is 22.9 Å². The van der Waals surface area contributed by atoms with Crippen molar-refractivity contribution in [2.24, 2.45) is 0 Å². The number of fused-ring (bicyclic) bond motifs is 1. The molecule has 2 N–H and O–H groups in total. The van der Waals surface area contributed by atoms with E-state index in [0.717, 1.165) is 48.3 Å². The monoisotopic (exact) mass is 464 g/mol. The molecule has 0 aliphatic heterocycles. The first-order valence-electron chi connectivity index (χ1n) is 9.78. The summed E-state index contributed by atoms with van der Waals surface area (Å²) >= 11 is 0. The molecule has 0 saturated heterocycles. The molecule has 0 unspecified atom stereocenters. The van der Waals surface area contributed by atoms with Gasteiger partial charge in [-0.2, -0.15) is 18.3 Å². The lowest BCUT2D eigenvalue weighted by Gasteiger charge is -2.10. The number of hydrogen-bond donors (Lipinski definition) is 2. The summed E-state index contributed by atoms with van der Waals surface area (Å²) in [5, 5.41) is 7.17. The van der Waals surface area contributed by atoms with Gasteiger partial charge in [-0.1, -0.05) is 18.2 Å². The zero-order valence-corrected chi connectivity index (χ0v) is 17.5. The fourth-order valence-corrected chi connectivity index (χ4v) is 4.59. The highest BCUT2D eigenvalue weighted by Gasteiger charge is 2.30. The molecule has 0 atom stereocenters. The lowest BCUT2D eigenvalue weighted by Crippen LogP contribution is -2.33. The van der Waals surface area contributed by atoms with Gasteiger partial charge in [-0.05, 0) is 55.7 Å². The van der Waals surface area contributed by atoms with Crippen molar-refractivity contribution in [1.82, 2.24) is 14.5 Å². The molecule has 1 heterocycles. The average molecular weight is 464 g/mol. The molecule has 0 spiro atoms. The van der Waals surface area contributed by atoms with Gasteiger partial charge in [0.1, 0.15) is 6.54 Å². The largest absolute Gasteiger partial charge is 0.402 e. The highest BCUT2D eigenvalue weighted by atomic mass is 32.2. The average Bonchev–Trinajstić information content (AvgIpc) is 3.36. The van der Waals surface area contributed by atoms with Crippen molar-refractivity contribution in [2.45, 2.75) is 30.3 Å². The predicted octanol–water partition coefficient (Wildman–Crippen LogP) is 3.45. The Labute approximate surface area is 182 Å². The van der Waals surface area contributed by atoms with Crippen LogP contribution in [0.15, 0.2) is 59.5 Å². The Kier molecular flexibility index (Phi) is 5.78. The molecule has 4 rings (SSSR count). The van der Waals surface area contributed by atoms with Crippen LogP contribution in [0.3, 0.4) is 0 Å². The Morgan fingerprint density at radius 3 is 2.38 bits per heavy atom. The van der Waals surface area contributed by atoms with Gasteiger partial charge in [-0.3, -0.25) is 4.79 Å². The number of nitrogens with one attached hydrogen (secondary N) is 2. The molecule has 32 heavy (non-hydrogen) atoms. The molecular formula is C21H19F3N4O3S. The van der Waals surface area contributed by atoms with Gasteiger partial charge in [0.15, 0.2) is 5.69 Å². The van der Waals surface area contributed by atoms with Gasteiger partial charge < -0.3 is 5.32 Å². The molecule has 0 bridgehead atoms. The van der Waals surface area contributed by atoms with Gasteiger partial charge in [-0.15, -0.1) is 0 Å². The number of halogens is 3. The number of carbonyl (C=O) groups is 1. The van der Waals surface area contributed by atoms with Gasteiger partial charge in [-0.25, -0.2) is 17.8 Å². The van der Waals surface area contributed by atoms with Crippen molar-refractivity contribution in [3.05, 3.63) is 71.5 Å². The molecule has 168 valence electrons. The van der Waals surface area contributed by atoms with Crippen molar-refractivity contribution in [1.29, 1.82) is 0 Å². The predicted molar refractivity (Wildman–Crippen MR) is 111 cm³/mol. The van der Waals surface area contributed by atoms with E-state index in [1.165, 1.54) is 16.9 Å². The summed E-state index contributed by atoms with van der Waals surface area (Å²) in [6.07, 6.45) is -2.21. The minimum Gasteiger partial charge on any atom is -0.321 e. The van der Waals surface area contributed by atoms with Crippen LogP contribution in [0.2, 0.25) is 0 Å². The van der Waals surface area contributed by atoms with Crippen LogP contribution >= 0.6 is 0 Å². The van der Waals surface area contributed by atoms with Gasteiger partial charge in [0.05, 0.1) is 10.6 Å². The third-order valence-electron chi connectivity index (χ3n) is 5.03. The SMILES string of the molecule is O=C(Nc1ccc(S(=O)(=O)NCC(F)(F)F)cc1)c1nn(-c2ccccc2)c2c1CCC2. The molecule has 0 saturated carbocycles. The Morgan fingerprint density at radius 2 is 1.72 bits per heavy atom. The van der Waals surface area contributed by atoms with E-state index in [9.17, 15) is 26.4 Å². The highest BCUT2D eigenvalue weighted by molar-refractivity contribution is 7.89. The molecule has 11 heteroatoms. The van der Waals surface area contributed by atoms with Crippen LogP contribution in [0.5, 0.6) is 0 Å². The van der Waals surface area contributed by atoms with Crippen molar-refractivity contribution in [3.63, 3.8) is 0 Å². The maximum Gasteiger partial charge on any atom is 0.402 e. The molecule has 1 amide bonds. The van der Waals surface area contributed by atoms with Gasteiger partial charge in [0.2, 0.25) is 10.0 Å². The summed E-state index contributed by atoms with van der Waals surface area (Å²) in [5.41, 5.74) is 3.31. The number of rotatable bonds is 6. The number of benzene rings is 2. The first-order chi connectivity index (χ1) is 15.1. The molecule has 0 fully saturated rings. The van der Waals surface area contributed by atoms with Crippen LogP contribution in [-0.4, -0.2) is 36.8 Å². The number of sulfonamides is 1. The van der Waals surface area contributed by atoms with E-state index < -0.39 is 28.7 Å². The number of alkyl halides is 3. The molecule has 2 aromatic carbocycles. The first kappa shape index (κ1) is 22.0. The van der Waals surface area contributed by atoms with Crippen molar-refractivity contribution in [2.75, 3.05) is 11.9 Å². The van der Waals surface area contributed by atoms with E-state index in [4.69, 9.17) is 0 Å². The second-order valence-corrected chi connectivity index (χ2v) is 9.06. The van der Waals surface area contributed by atoms with E-state index >= 15 is 0 Å². The minimum absolute atomic E-state index is 0.296. The number of carbonyl (C=O) groups excluding carboxylic acids is 1. The second-order valence-electron chi connectivity index (χ2n) is 7.29. The summed E-state index contributed by atoms with van der Waals surface area (Å²) < 4.78 is 64.1. The molecule has 1 aliphatic rings. The lowest BCUT2D eigenvalue weighted by atomic mass is 10.2. The van der Waals surface area contributed by atoms with E-state index in [1.54, 1.807) is 4.68 Å². The fraction of sp³-hybridized carbons (Fsp3) is 0.238.